The van der Waals surface area contributed by atoms with E-state index in [0.717, 1.165) is 36.4 Å². The maximum atomic E-state index is 14.9. The lowest BCUT2D eigenvalue weighted by atomic mass is 9.44. The monoisotopic (exact) mass is 654 g/mol. The lowest BCUT2D eigenvalue weighted by Gasteiger charge is -2.59. The fraction of sp³-hybridized carbons (Fsp3) is 0.324. The van der Waals surface area contributed by atoms with Crippen LogP contribution in [0.15, 0.2) is 121 Å². The van der Waals surface area contributed by atoms with Crippen LogP contribution >= 0.6 is 31.9 Å². The first-order valence-electron chi connectivity index (χ1n) is 14.0. The van der Waals surface area contributed by atoms with Gasteiger partial charge in [-0.05, 0) is 77.0 Å². The first kappa shape index (κ1) is 27.7. The summed E-state index contributed by atoms with van der Waals surface area (Å²) >= 11 is 8.09. The van der Waals surface area contributed by atoms with Crippen LogP contribution in [0.25, 0.3) is 10.8 Å². The lowest BCUT2D eigenvalue weighted by molar-refractivity contribution is 0.103. The van der Waals surface area contributed by atoms with Crippen molar-refractivity contribution in [3.63, 3.8) is 0 Å². The van der Waals surface area contributed by atoms with Crippen LogP contribution in [0.3, 0.4) is 0 Å². The molecule has 204 valence electrons. The first-order chi connectivity index (χ1) is 18.6. The number of ketones is 1. The molecule has 0 unspecified atom stereocenters. The van der Waals surface area contributed by atoms with Gasteiger partial charge in [-0.2, -0.15) is 0 Å². The van der Waals surface area contributed by atoms with Gasteiger partial charge in [0.1, 0.15) is 0 Å². The van der Waals surface area contributed by atoms with Crippen molar-refractivity contribution in [3.8, 4) is 0 Å². The van der Waals surface area contributed by atoms with E-state index in [0.29, 0.717) is 0 Å². The number of fused-ring (bicyclic) bond motifs is 1. The van der Waals surface area contributed by atoms with Crippen LogP contribution < -0.4 is 0 Å². The topological polar surface area (TPSA) is 17.1 Å². The van der Waals surface area contributed by atoms with Gasteiger partial charge < -0.3 is 0 Å². The number of benzene rings is 2. The van der Waals surface area contributed by atoms with Gasteiger partial charge in [-0.15, -0.1) is 0 Å². The van der Waals surface area contributed by atoms with Crippen LogP contribution in [0.2, 0.25) is 0 Å². The second kappa shape index (κ2) is 8.76. The Morgan fingerprint density at radius 3 is 1.98 bits per heavy atom. The molecule has 0 bridgehead atoms. The van der Waals surface area contributed by atoms with Crippen LogP contribution in [-0.4, -0.2) is 5.78 Å². The van der Waals surface area contributed by atoms with Crippen LogP contribution in [0.4, 0.5) is 0 Å². The Kier molecular flexibility index (Phi) is 6.06. The molecule has 40 heavy (non-hydrogen) atoms. The Balaban J connectivity index is 1.76. The highest BCUT2D eigenvalue weighted by molar-refractivity contribution is 9.12. The third kappa shape index (κ3) is 3.66. The summed E-state index contributed by atoms with van der Waals surface area (Å²) in [4.78, 5) is 14.9. The highest BCUT2D eigenvalue weighted by Crippen LogP contribution is 2.71. The van der Waals surface area contributed by atoms with Crippen molar-refractivity contribution < 1.29 is 4.79 Å². The van der Waals surface area contributed by atoms with E-state index in [9.17, 15) is 4.79 Å². The molecule has 4 aliphatic carbocycles. The van der Waals surface area contributed by atoms with E-state index < -0.39 is 5.41 Å². The van der Waals surface area contributed by atoms with Gasteiger partial charge in [0.15, 0.2) is 5.78 Å². The Labute approximate surface area is 255 Å². The summed E-state index contributed by atoms with van der Waals surface area (Å²) in [5.41, 5.74) is 7.88. The maximum Gasteiger partial charge on any atom is 0.195 e. The molecule has 0 radical (unpaired) electrons. The molecule has 6 rings (SSSR count). The number of rotatable bonds is 2. The number of carbonyl (C=O) groups excluding carboxylic acids is 1. The molecule has 3 heteroatoms. The Hall–Kier alpha value is -2.49. The number of allylic oxidation sites excluding steroid dienone is 14. The van der Waals surface area contributed by atoms with E-state index in [1.807, 2.05) is 24.3 Å². The number of carbonyl (C=O) groups is 1. The van der Waals surface area contributed by atoms with Crippen molar-refractivity contribution in [1.82, 2.24) is 0 Å². The van der Waals surface area contributed by atoms with Gasteiger partial charge in [0.05, 0.1) is 0 Å². The summed E-state index contributed by atoms with van der Waals surface area (Å²) in [5.74, 6) is 0.0627. The molecule has 0 heterocycles. The fourth-order valence-electron chi connectivity index (χ4n) is 6.90. The molecule has 0 N–H and O–H groups in total. The van der Waals surface area contributed by atoms with Crippen LogP contribution in [-0.2, 0) is 0 Å². The number of halogens is 2. The van der Waals surface area contributed by atoms with Gasteiger partial charge in [-0.25, -0.2) is 0 Å². The van der Waals surface area contributed by atoms with Crippen molar-refractivity contribution in [3.05, 3.63) is 126 Å². The zero-order valence-electron chi connectivity index (χ0n) is 24.6. The van der Waals surface area contributed by atoms with Crippen molar-refractivity contribution in [2.45, 2.75) is 55.4 Å². The second-order valence-electron chi connectivity index (χ2n) is 14.0. The summed E-state index contributed by atoms with van der Waals surface area (Å²) in [5, 5.41) is 2.06. The molecule has 0 spiro atoms. The van der Waals surface area contributed by atoms with Gasteiger partial charge in [0, 0.05) is 30.9 Å². The normalized spacial score (nSPS) is 26.1. The zero-order valence-corrected chi connectivity index (χ0v) is 27.8. The van der Waals surface area contributed by atoms with Gasteiger partial charge in [0.2, 0.25) is 0 Å². The third-order valence-electron chi connectivity index (χ3n) is 9.66. The van der Waals surface area contributed by atoms with Gasteiger partial charge in [-0.3, -0.25) is 4.79 Å². The van der Waals surface area contributed by atoms with E-state index in [1.165, 1.54) is 27.9 Å². The quantitative estimate of drug-likeness (QED) is 0.294. The van der Waals surface area contributed by atoms with Crippen molar-refractivity contribution in [2.75, 3.05) is 0 Å². The summed E-state index contributed by atoms with van der Waals surface area (Å²) in [7, 11) is 0. The summed E-state index contributed by atoms with van der Waals surface area (Å²) in [6.07, 6.45) is 11.7. The van der Waals surface area contributed by atoms with E-state index in [2.05, 4.69) is 136 Å². The summed E-state index contributed by atoms with van der Waals surface area (Å²) in [6.45, 7) is 18.2. The Morgan fingerprint density at radius 1 is 0.700 bits per heavy atom. The third-order valence-corrected chi connectivity index (χ3v) is 11.1. The molecule has 0 aliphatic heterocycles. The second-order valence-corrected chi connectivity index (χ2v) is 15.6. The highest BCUT2D eigenvalue weighted by atomic mass is 79.9. The predicted octanol–water partition coefficient (Wildman–Crippen LogP) is 11.1. The van der Waals surface area contributed by atoms with Crippen molar-refractivity contribution >= 4 is 48.4 Å². The van der Waals surface area contributed by atoms with E-state index >= 15 is 0 Å². The van der Waals surface area contributed by atoms with Gasteiger partial charge in [0.25, 0.3) is 0 Å². The molecule has 2 aromatic rings. The number of hydrogen-bond acceptors (Lipinski definition) is 1. The SMILES string of the molecule is CC(C)(C)C1=CC2=C(Br)C(C(=O)c3cccc4ccccc34)=C3C=C(C(C)(C)C)C=C4C(Br)=CC(=C1)[C@]2(C)[C@@]43C. The van der Waals surface area contributed by atoms with Gasteiger partial charge in [-0.1, -0.05) is 138 Å². The van der Waals surface area contributed by atoms with Crippen molar-refractivity contribution in [1.29, 1.82) is 0 Å². The van der Waals surface area contributed by atoms with Gasteiger partial charge >= 0.3 is 0 Å². The smallest absolute Gasteiger partial charge is 0.195 e. The molecule has 0 saturated carbocycles. The molecular weight excluding hydrogens is 620 g/mol. The number of hydrogen-bond donors (Lipinski definition) is 0. The highest BCUT2D eigenvalue weighted by Gasteiger charge is 2.61. The lowest BCUT2D eigenvalue weighted by Crippen LogP contribution is -2.50. The van der Waals surface area contributed by atoms with Crippen LogP contribution in [0, 0.1) is 21.7 Å². The van der Waals surface area contributed by atoms with E-state index in [1.54, 1.807) is 0 Å². The average Bonchev–Trinajstić information content (AvgIpc) is 2.87. The Morgan fingerprint density at radius 2 is 1.30 bits per heavy atom. The van der Waals surface area contributed by atoms with Crippen LogP contribution in [0.5, 0.6) is 0 Å². The van der Waals surface area contributed by atoms with E-state index in [4.69, 9.17) is 0 Å². The first-order valence-corrected chi connectivity index (χ1v) is 15.6. The predicted molar refractivity (Wildman–Crippen MR) is 176 cm³/mol. The number of Topliss-reactive ketones (excluding diaryl/α,β-unsaturated/α-hetero) is 1. The molecule has 0 amide bonds. The molecule has 4 aliphatic rings. The zero-order chi connectivity index (χ0) is 29.0. The molecule has 1 nitrogen and oxygen atoms in total. The molecular formula is C37H36Br2O. The molecule has 0 fully saturated rings. The van der Waals surface area contributed by atoms with E-state index in [-0.39, 0.29) is 22.0 Å². The minimum atomic E-state index is -0.441. The summed E-state index contributed by atoms with van der Waals surface area (Å²) < 4.78 is 2.00. The van der Waals surface area contributed by atoms with Crippen molar-refractivity contribution in [2.24, 2.45) is 21.7 Å². The molecule has 0 saturated heterocycles. The van der Waals surface area contributed by atoms with Crippen LogP contribution in [0.1, 0.15) is 65.7 Å². The largest absolute Gasteiger partial charge is 0.289 e. The molecule has 2 aromatic carbocycles. The minimum absolute atomic E-state index is 0.0401. The molecule has 2 atom stereocenters. The standard InChI is InChI=1S/C37H36Br2O/c1-34(2,3)22-16-24-20-30(38)27-17-23(35(4,5)6)18-28-31(32(39)29(19-22)36(24,7)37(27,28)8)33(40)26-15-11-13-21-12-9-10-14-25(21)26/h9-20H,1-8H3/t36-,37-/m0/s1. The minimum Gasteiger partial charge on any atom is -0.289 e. The Bertz CT molecular complexity index is 1750. The molecule has 0 aromatic heterocycles. The maximum absolute atomic E-state index is 14.9. The fourth-order valence-corrected chi connectivity index (χ4v) is 8.57. The summed E-state index contributed by atoms with van der Waals surface area (Å²) in [6, 6.07) is 14.2. The average molecular weight is 657 g/mol.